The van der Waals surface area contributed by atoms with Crippen molar-refractivity contribution in [2.45, 2.75) is 12.8 Å². The van der Waals surface area contributed by atoms with Gasteiger partial charge in [-0.05, 0) is 18.6 Å². The molecule has 0 heterocycles. The summed E-state index contributed by atoms with van der Waals surface area (Å²) in [4.78, 5) is 24.2. The number of methoxy groups -OCH3 is 1. The maximum absolute atomic E-state index is 13.1. The number of carbonyl (C=O) groups excluding carboxylic acids is 2. The van der Waals surface area contributed by atoms with E-state index in [-0.39, 0.29) is 29.5 Å². The fourth-order valence-electron chi connectivity index (χ4n) is 1.56. The lowest BCUT2D eigenvalue weighted by molar-refractivity contribution is -0.140. The van der Waals surface area contributed by atoms with Crippen LogP contribution in [0.2, 0.25) is 5.02 Å². The standard InChI is InChI=1S/C13H14ClF2NO3/c1-17(5-3-4-12(18)20-2)13(19)8-6-10(15)11(16)7-9(8)14/h6-7H,3-5H2,1-2H3. The molecule has 4 nitrogen and oxygen atoms in total. The fraction of sp³-hybridized carbons (Fsp3) is 0.385. The van der Waals surface area contributed by atoms with E-state index in [0.717, 1.165) is 12.1 Å². The predicted molar refractivity (Wildman–Crippen MR) is 69.6 cm³/mol. The molecule has 0 fully saturated rings. The Labute approximate surface area is 120 Å². The van der Waals surface area contributed by atoms with Gasteiger partial charge >= 0.3 is 5.97 Å². The number of esters is 1. The Morgan fingerprint density at radius 1 is 1.30 bits per heavy atom. The van der Waals surface area contributed by atoms with Gasteiger partial charge in [0.15, 0.2) is 11.6 Å². The third-order valence-electron chi connectivity index (χ3n) is 2.69. The zero-order valence-corrected chi connectivity index (χ0v) is 11.8. The molecule has 0 atom stereocenters. The van der Waals surface area contributed by atoms with Crippen molar-refractivity contribution in [3.8, 4) is 0 Å². The molecule has 0 radical (unpaired) electrons. The minimum atomic E-state index is -1.14. The Balaban J connectivity index is 2.70. The van der Waals surface area contributed by atoms with Gasteiger partial charge in [-0.25, -0.2) is 8.78 Å². The number of ether oxygens (including phenoxy) is 1. The smallest absolute Gasteiger partial charge is 0.305 e. The monoisotopic (exact) mass is 305 g/mol. The number of benzene rings is 1. The normalized spacial score (nSPS) is 10.2. The molecule has 0 aliphatic rings. The van der Waals surface area contributed by atoms with Crippen LogP contribution in [0.25, 0.3) is 0 Å². The van der Waals surface area contributed by atoms with Gasteiger partial charge in [-0.15, -0.1) is 0 Å². The van der Waals surface area contributed by atoms with E-state index in [1.54, 1.807) is 0 Å². The van der Waals surface area contributed by atoms with Gasteiger partial charge in [-0.2, -0.15) is 0 Å². The molecular weight excluding hydrogens is 292 g/mol. The summed E-state index contributed by atoms with van der Waals surface area (Å²) in [5.41, 5.74) is -0.119. The van der Waals surface area contributed by atoms with E-state index in [9.17, 15) is 18.4 Å². The summed E-state index contributed by atoms with van der Waals surface area (Å²) in [5, 5.41) is -0.159. The van der Waals surface area contributed by atoms with Crippen molar-refractivity contribution in [3.05, 3.63) is 34.4 Å². The van der Waals surface area contributed by atoms with Crippen LogP contribution in [-0.4, -0.2) is 37.5 Å². The van der Waals surface area contributed by atoms with Gasteiger partial charge in [0.05, 0.1) is 17.7 Å². The fourth-order valence-corrected chi connectivity index (χ4v) is 1.79. The first-order chi connectivity index (χ1) is 9.36. The highest BCUT2D eigenvalue weighted by molar-refractivity contribution is 6.33. The van der Waals surface area contributed by atoms with Crippen LogP contribution < -0.4 is 0 Å². The van der Waals surface area contributed by atoms with Gasteiger partial charge in [0.1, 0.15) is 0 Å². The molecular formula is C13H14ClF2NO3. The lowest BCUT2D eigenvalue weighted by Gasteiger charge is -2.17. The third kappa shape index (κ3) is 4.16. The highest BCUT2D eigenvalue weighted by atomic mass is 35.5. The first kappa shape index (κ1) is 16.4. The van der Waals surface area contributed by atoms with Gasteiger partial charge in [0.2, 0.25) is 0 Å². The molecule has 7 heteroatoms. The summed E-state index contributed by atoms with van der Waals surface area (Å²) < 4.78 is 30.5. The molecule has 20 heavy (non-hydrogen) atoms. The Kier molecular flexibility index (Phi) is 5.88. The minimum absolute atomic E-state index is 0.119. The average Bonchev–Trinajstić information content (AvgIpc) is 2.41. The number of carbonyl (C=O) groups is 2. The summed E-state index contributed by atoms with van der Waals surface area (Å²) >= 11 is 5.72. The molecule has 1 amide bonds. The molecule has 0 aromatic heterocycles. The van der Waals surface area contributed by atoms with Gasteiger partial charge in [-0.3, -0.25) is 9.59 Å². The van der Waals surface area contributed by atoms with Crippen LogP contribution in [0.5, 0.6) is 0 Å². The van der Waals surface area contributed by atoms with Gasteiger partial charge < -0.3 is 9.64 Å². The summed E-state index contributed by atoms with van der Waals surface area (Å²) in [5.74, 6) is -3.17. The van der Waals surface area contributed by atoms with Gasteiger partial charge in [-0.1, -0.05) is 11.6 Å². The van der Waals surface area contributed by atoms with E-state index in [1.165, 1.54) is 19.1 Å². The lowest BCUT2D eigenvalue weighted by Crippen LogP contribution is -2.28. The molecule has 0 bridgehead atoms. The quantitative estimate of drug-likeness (QED) is 0.620. The zero-order chi connectivity index (χ0) is 15.3. The van der Waals surface area contributed by atoms with E-state index in [0.29, 0.717) is 6.42 Å². The van der Waals surface area contributed by atoms with Crippen molar-refractivity contribution in [1.82, 2.24) is 4.90 Å². The summed E-state index contributed by atoms with van der Waals surface area (Å²) in [6.07, 6.45) is 0.565. The highest BCUT2D eigenvalue weighted by Crippen LogP contribution is 2.21. The zero-order valence-electron chi connectivity index (χ0n) is 11.1. The number of amides is 1. The van der Waals surface area contributed by atoms with Crippen LogP contribution in [0.1, 0.15) is 23.2 Å². The second kappa shape index (κ2) is 7.19. The van der Waals surface area contributed by atoms with Crippen molar-refractivity contribution >= 4 is 23.5 Å². The second-order valence-corrected chi connectivity index (χ2v) is 4.56. The summed E-state index contributed by atoms with van der Waals surface area (Å²) in [6.45, 7) is 0.267. The molecule has 110 valence electrons. The van der Waals surface area contributed by atoms with Crippen LogP contribution in [0, 0.1) is 11.6 Å². The first-order valence-corrected chi connectivity index (χ1v) is 6.21. The number of hydrogen-bond donors (Lipinski definition) is 0. The van der Waals surface area contributed by atoms with Crippen LogP contribution in [0.4, 0.5) is 8.78 Å². The van der Waals surface area contributed by atoms with Crippen molar-refractivity contribution < 1.29 is 23.1 Å². The van der Waals surface area contributed by atoms with E-state index in [4.69, 9.17) is 11.6 Å². The van der Waals surface area contributed by atoms with Gasteiger partial charge in [0.25, 0.3) is 5.91 Å². The largest absolute Gasteiger partial charge is 0.469 e. The molecule has 0 aliphatic heterocycles. The highest BCUT2D eigenvalue weighted by Gasteiger charge is 2.18. The molecule has 0 saturated carbocycles. The van der Waals surface area contributed by atoms with E-state index in [1.807, 2.05) is 0 Å². The van der Waals surface area contributed by atoms with Crippen LogP contribution in [0.15, 0.2) is 12.1 Å². The number of hydrogen-bond acceptors (Lipinski definition) is 3. The Hall–Kier alpha value is -1.69. The maximum Gasteiger partial charge on any atom is 0.305 e. The third-order valence-corrected chi connectivity index (χ3v) is 3.00. The second-order valence-electron chi connectivity index (χ2n) is 4.15. The Morgan fingerprint density at radius 2 is 1.90 bits per heavy atom. The number of halogens is 3. The van der Waals surface area contributed by atoms with E-state index in [2.05, 4.69) is 4.74 Å². The SMILES string of the molecule is COC(=O)CCCN(C)C(=O)c1cc(F)c(F)cc1Cl. The minimum Gasteiger partial charge on any atom is -0.469 e. The van der Waals surface area contributed by atoms with E-state index >= 15 is 0 Å². The topological polar surface area (TPSA) is 46.6 Å². The average molecular weight is 306 g/mol. The van der Waals surface area contributed by atoms with Crippen molar-refractivity contribution in [1.29, 1.82) is 0 Å². The summed E-state index contributed by atoms with van der Waals surface area (Å²) in [6, 6.07) is 1.52. The number of rotatable bonds is 5. The molecule has 0 aliphatic carbocycles. The molecule has 0 N–H and O–H groups in total. The van der Waals surface area contributed by atoms with Crippen molar-refractivity contribution in [3.63, 3.8) is 0 Å². The predicted octanol–water partition coefficient (Wildman–Crippen LogP) is 2.64. The molecule has 1 aromatic rings. The van der Waals surface area contributed by atoms with Crippen LogP contribution >= 0.6 is 11.6 Å². The van der Waals surface area contributed by atoms with E-state index < -0.39 is 17.5 Å². The lowest BCUT2D eigenvalue weighted by atomic mass is 10.1. The molecule has 0 saturated heterocycles. The molecule has 1 aromatic carbocycles. The maximum atomic E-state index is 13.1. The molecule has 0 spiro atoms. The molecule has 1 rings (SSSR count). The van der Waals surface area contributed by atoms with Crippen LogP contribution in [-0.2, 0) is 9.53 Å². The number of nitrogens with zero attached hydrogens (tertiary/aromatic N) is 1. The van der Waals surface area contributed by atoms with Crippen LogP contribution in [0.3, 0.4) is 0 Å². The van der Waals surface area contributed by atoms with Crippen molar-refractivity contribution in [2.75, 3.05) is 20.7 Å². The first-order valence-electron chi connectivity index (χ1n) is 5.83. The van der Waals surface area contributed by atoms with Gasteiger partial charge in [0, 0.05) is 20.0 Å². The van der Waals surface area contributed by atoms with Crippen molar-refractivity contribution in [2.24, 2.45) is 0 Å². The Bertz CT molecular complexity index is 523. The Morgan fingerprint density at radius 3 is 2.50 bits per heavy atom. The summed E-state index contributed by atoms with van der Waals surface area (Å²) in [7, 11) is 2.76. The molecule has 0 unspecified atom stereocenters.